The van der Waals surface area contributed by atoms with Gasteiger partial charge in [-0.3, -0.25) is 0 Å². The Labute approximate surface area is 86.1 Å². The summed E-state index contributed by atoms with van der Waals surface area (Å²) >= 11 is 1.56. The fraction of sp³-hybridized carbons (Fsp3) is 0.111. The standard InChI is InChI=1S/C9H10N4S/c1-13-6-11-12-9(13)14-8-4-2-7(10)3-5-8/h2-6H,10H2,1H3. The first-order chi connectivity index (χ1) is 6.75. The van der Waals surface area contributed by atoms with Gasteiger partial charge in [-0.25, -0.2) is 0 Å². The van der Waals surface area contributed by atoms with E-state index < -0.39 is 0 Å². The van der Waals surface area contributed by atoms with Gasteiger partial charge < -0.3 is 10.3 Å². The molecule has 1 aromatic heterocycles. The predicted molar refractivity (Wildman–Crippen MR) is 56.0 cm³/mol. The van der Waals surface area contributed by atoms with Gasteiger partial charge in [-0.2, -0.15) is 0 Å². The van der Waals surface area contributed by atoms with Gasteiger partial charge in [-0.15, -0.1) is 10.2 Å². The molecule has 0 aliphatic rings. The van der Waals surface area contributed by atoms with Crippen LogP contribution in [-0.4, -0.2) is 14.8 Å². The molecule has 0 fully saturated rings. The minimum absolute atomic E-state index is 0.771. The Morgan fingerprint density at radius 1 is 1.29 bits per heavy atom. The summed E-state index contributed by atoms with van der Waals surface area (Å²) in [4.78, 5) is 1.11. The molecule has 0 amide bonds. The number of hydrogen-bond acceptors (Lipinski definition) is 4. The number of nitrogen functional groups attached to an aromatic ring is 1. The van der Waals surface area contributed by atoms with Crippen molar-refractivity contribution in [2.24, 2.45) is 7.05 Å². The lowest BCUT2D eigenvalue weighted by atomic mass is 10.3. The molecule has 5 heteroatoms. The molecule has 0 aliphatic carbocycles. The van der Waals surface area contributed by atoms with Crippen molar-refractivity contribution >= 4 is 17.4 Å². The number of nitrogens with zero attached hydrogens (tertiary/aromatic N) is 3. The lowest BCUT2D eigenvalue weighted by molar-refractivity contribution is 0.788. The number of nitrogens with two attached hydrogens (primary N) is 1. The van der Waals surface area contributed by atoms with Crippen molar-refractivity contribution in [3.8, 4) is 0 Å². The summed E-state index contributed by atoms with van der Waals surface area (Å²) < 4.78 is 1.88. The summed E-state index contributed by atoms with van der Waals surface area (Å²) in [5.41, 5.74) is 6.36. The summed E-state index contributed by atoms with van der Waals surface area (Å²) in [7, 11) is 1.92. The number of aromatic nitrogens is 3. The van der Waals surface area contributed by atoms with Gasteiger partial charge in [0.1, 0.15) is 6.33 Å². The molecule has 2 aromatic rings. The van der Waals surface area contributed by atoms with Crippen LogP contribution in [0.3, 0.4) is 0 Å². The molecule has 0 aliphatic heterocycles. The molecular formula is C9H10N4S. The Balaban J connectivity index is 2.19. The highest BCUT2D eigenvalue weighted by atomic mass is 32.2. The van der Waals surface area contributed by atoms with Crippen molar-refractivity contribution in [1.29, 1.82) is 0 Å². The van der Waals surface area contributed by atoms with Crippen LogP contribution in [0.1, 0.15) is 0 Å². The number of benzene rings is 1. The number of hydrogen-bond donors (Lipinski definition) is 1. The van der Waals surface area contributed by atoms with Gasteiger partial charge in [-0.05, 0) is 36.0 Å². The normalized spacial score (nSPS) is 10.4. The highest BCUT2D eigenvalue weighted by molar-refractivity contribution is 7.99. The van der Waals surface area contributed by atoms with Crippen LogP contribution in [0.15, 0.2) is 40.6 Å². The quantitative estimate of drug-likeness (QED) is 0.757. The van der Waals surface area contributed by atoms with E-state index in [2.05, 4.69) is 10.2 Å². The molecule has 0 radical (unpaired) electrons. The summed E-state index contributed by atoms with van der Waals surface area (Å²) in [6, 6.07) is 7.68. The lowest BCUT2D eigenvalue weighted by Crippen LogP contribution is -1.88. The van der Waals surface area contributed by atoms with Crippen LogP contribution in [0.25, 0.3) is 0 Å². The van der Waals surface area contributed by atoms with Gasteiger partial charge in [0, 0.05) is 17.6 Å². The number of rotatable bonds is 2. The van der Waals surface area contributed by atoms with Crippen molar-refractivity contribution in [3.63, 3.8) is 0 Å². The molecule has 2 rings (SSSR count). The van der Waals surface area contributed by atoms with Gasteiger partial charge in [0.15, 0.2) is 5.16 Å². The van der Waals surface area contributed by atoms with Gasteiger partial charge in [-0.1, -0.05) is 0 Å². The van der Waals surface area contributed by atoms with E-state index in [9.17, 15) is 0 Å². The summed E-state index contributed by atoms with van der Waals surface area (Å²) in [6.45, 7) is 0. The topological polar surface area (TPSA) is 56.7 Å². The van der Waals surface area contributed by atoms with Crippen LogP contribution in [0.2, 0.25) is 0 Å². The summed E-state index contributed by atoms with van der Waals surface area (Å²) in [5, 5.41) is 8.65. The van der Waals surface area contributed by atoms with E-state index in [4.69, 9.17) is 5.73 Å². The van der Waals surface area contributed by atoms with Crippen LogP contribution in [0, 0.1) is 0 Å². The maximum atomic E-state index is 5.59. The first kappa shape index (κ1) is 9.08. The SMILES string of the molecule is Cn1cnnc1Sc1ccc(N)cc1. The largest absolute Gasteiger partial charge is 0.399 e. The highest BCUT2D eigenvalue weighted by Gasteiger charge is 2.02. The molecule has 14 heavy (non-hydrogen) atoms. The molecule has 2 N–H and O–H groups in total. The second-order valence-electron chi connectivity index (χ2n) is 2.90. The third kappa shape index (κ3) is 1.88. The second-order valence-corrected chi connectivity index (χ2v) is 3.94. The Bertz CT molecular complexity index is 421. The van der Waals surface area contributed by atoms with E-state index in [0.717, 1.165) is 15.7 Å². The van der Waals surface area contributed by atoms with Gasteiger partial charge in [0.05, 0.1) is 0 Å². The zero-order valence-corrected chi connectivity index (χ0v) is 8.53. The third-order valence-electron chi connectivity index (χ3n) is 1.76. The van der Waals surface area contributed by atoms with Crippen LogP contribution in [0.4, 0.5) is 5.69 Å². The van der Waals surface area contributed by atoms with Crippen molar-refractivity contribution < 1.29 is 0 Å². The first-order valence-corrected chi connectivity index (χ1v) is 4.95. The highest BCUT2D eigenvalue weighted by Crippen LogP contribution is 2.25. The molecule has 0 bridgehead atoms. The molecule has 0 spiro atoms. The lowest BCUT2D eigenvalue weighted by Gasteiger charge is -2.00. The van der Waals surface area contributed by atoms with Crippen LogP contribution in [0.5, 0.6) is 0 Å². The second kappa shape index (κ2) is 3.71. The molecule has 0 saturated heterocycles. The van der Waals surface area contributed by atoms with Crippen molar-refractivity contribution in [2.75, 3.05) is 5.73 Å². The fourth-order valence-corrected chi connectivity index (χ4v) is 1.77. The summed E-state index contributed by atoms with van der Waals surface area (Å²) in [5.74, 6) is 0. The van der Waals surface area contributed by atoms with Crippen molar-refractivity contribution in [2.45, 2.75) is 10.1 Å². The Morgan fingerprint density at radius 3 is 2.57 bits per heavy atom. The van der Waals surface area contributed by atoms with E-state index in [1.807, 2.05) is 35.9 Å². The minimum Gasteiger partial charge on any atom is -0.399 e. The van der Waals surface area contributed by atoms with Gasteiger partial charge >= 0.3 is 0 Å². The van der Waals surface area contributed by atoms with E-state index in [1.54, 1.807) is 18.1 Å². The van der Waals surface area contributed by atoms with Crippen LogP contribution in [-0.2, 0) is 7.05 Å². The molecule has 0 unspecified atom stereocenters. The zero-order valence-electron chi connectivity index (χ0n) is 7.71. The monoisotopic (exact) mass is 206 g/mol. The predicted octanol–water partition coefficient (Wildman–Crippen LogP) is 1.55. The zero-order chi connectivity index (χ0) is 9.97. The Hall–Kier alpha value is -1.49. The smallest absolute Gasteiger partial charge is 0.195 e. The Morgan fingerprint density at radius 2 is 2.00 bits per heavy atom. The maximum Gasteiger partial charge on any atom is 0.195 e. The van der Waals surface area contributed by atoms with E-state index >= 15 is 0 Å². The molecule has 1 aromatic carbocycles. The summed E-state index contributed by atoms with van der Waals surface area (Å²) in [6.07, 6.45) is 1.68. The average Bonchev–Trinajstić information content (AvgIpc) is 2.56. The molecule has 1 heterocycles. The molecule has 72 valence electrons. The third-order valence-corrected chi connectivity index (χ3v) is 2.82. The van der Waals surface area contributed by atoms with Crippen LogP contribution < -0.4 is 5.73 Å². The van der Waals surface area contributed by atoms with E-state index in [0.29, 0.717) is 0 Å². The van der Waals surface area contributed by atoms with Crippen LogP contribution >= 0.6 is 11.8 Å². The fourth-order valence-electron chi connectivity index (χ4n) is 1.01. The average molecular weight is 206 g/mol. The number of anilines is 1. The van der Waals surface area contributed by atoms with Gasteiger partial charge in [0.2, 0.25) is 0 Å². The minimum atomic E-state index is 0.771. The van der Waals surface area contributed by atoms with E-state index in [-0.39, 0.29) is 0 Å². The molecule has 0 saturated carbocycles. The van der Waals surface area contributed by atoms with Crippen molar-refractivity contribution in [3.05, 3.63) is 30.6 Å². The Kier molecular flexibility index (Phi) is 2.41. The molecule has 4 nitrogen and oxygen atoms in total. The first-order valence-electron chi connectivity index (χ1n) is 4.13. The maximum absolute atomic E-state index is 5.59. The number of aryl methyl sites for hydroxylation is 1. The van der Waals surface area contributed by atoms with Gasteiger partial charge in [0.25, 0.3) is 0 Å². The molecular weight excluding hydrogens is 196 g/mol. The molecule has 0 atom stereocenters. The van der Waals surface area contributed by atoms with Crippen molar-refractivity contribution in [1.82, 2.24) is 14.8 Å². The van der Waals surface area contributed by atoms with E-state index in [1.165, 1.54) is 0 Å².